The Balaban J connectivity index is 2.38. The second-order valence-electron chi connectivity index (χ2n) is 4.49. The molecule has 0 spiro atoms. The molecule has 1 aliphatic heterocycles. The van der Waals surface area contributed by atoms with Gasteiger partial charge in [-0.2, -0.15) is 0 Å². The molecule has 5 heteroatoms. The number of hydrogen-bond acceptors (Lipinski definition) is 4. The van der Waals surface area contributed by atoms with Crippen LogP contribution >= 0.6 is 0 Å². The van der Waals surface area contributed by atoms with E-state index in [0.29, 0.717) is 30.5 Å². The van der Waals surface area contributed by atoms with Crippen LogP contribution < -0.4 is 5.73 Å². The van der Waals surface area contributed by atoms with Crippen molar-refractivity contribution in [2.45, 2.75) is 19.8 Å². The van der Waals surface area contributed by atoms with Crippen LogP contribution in [0.1, 0.15) is 19.8 Å². The van der Waals surface area contributed by atoms with Crippen molar-refractivity contribution in [3.63, 3.8) is 0 Å². The van der Waals surface area contributed by atoms with E-state index in [2.05, 4.69) is 11.8 Å². The highest BCUT2D eigenvalue weighted by Crippen LogP contribution is 2.09. The lowest BCUT2D eigenvalue weighted by atomic mass is 10.1. The largest absolute Gasteiger partial charge is 0.330 e. The lowest BCUT2D eigenvalue weighted by molar-refractivity contribution is 0.249. The second kappa shape index (κ2) is 5.82. The van der Waals surface area contributed by atoms with Gasteiger partial charge in [0, 0.05) is 13.1 Å². The van der Waals surface area contributed by atoms with E-state index in [9.17, 15) is 8.42 Å². The zero-order chi connectivity index (χ0) is 11.3. The van der Waals surface area contributed by atoms with Gasteiger partial charge >= 0.3 is 0 Å². The summed E-state index contributed by atoms with van der Waals surface area (Å²) in [4.78, 5) is 2.25. The molecule has 1 rings (SSSR count). The van der Waals surface area contributed by atoms with Gasteiger partial charge in [0.05, 0.1) is 11.5 Å². The van der Waals surface area contributed by atoms with Gasteiger partial charge in [-0.15, -0.1) is 0 Å². The first-order valence-corrected chi connectivity index (χ1v) is 7.48. The van der Waals surface area contributed by atoms with Gasteiger partial charge < -0.3 is 10.6 Å². The van der Waals surface area contributed by atoms with Gasteiger partial charge in [-0.25, -0.2) is 8.42 Å². The van der Waals surface area contributed by atoms with Gasteiger partial charge in [0.25, 0.3) is 0 Å². The summed E-state index contributed by atoms with van der Waals surface area (Å²) in [5, 5.41) is 0. The predicted octanol–water partition coefficient (Wildman–Crippen LogP) is 0.0918. The average Bonchev–Trinajstić information content (AvgIpc) is 2.28. The van der Waals surface area contributed by atoms with Crippen LogP contribution in [0.15, 0.2) is 0 Å². The summed E-state index contributed by atoms with van der Waals surface area (Å²) >= 11 is 0. The lowest BCUT2D eigenvalue weighted by Gasteiger charge is -2.23. The molecule has 1 unspecified atom stereocenters. The zero-order valence-corrected chi connectivity index (χ0v) is 10.3. The highest BCUT2D eigenvalue weighted by Gasteiger charge is 2.19. The van der Waals surface area contributed by atoms with Crippen molar-refractivity contribution in [3.8, 4) is 0 Å². The van der Waals surface area contributed by atoms with E-state index in [1.54, 1.807) is 0 Å². The van der Waals surface area contributed by atoms with E-state index in [1.165, 1.54) is 0 Å². The van der Waals surface area contributed by atoms with E-state index < -0.39 is 9.84 Å². The molecule has 0 aromatic rings. The van der Waals surface area contributed by atoms with Crippen LogP contribution in [0.2, 0.25) is 0 Å². The molecule has 0 bridgehead atoms. The molecule has 0 amide bonds. The Labute approximate surface area is 92.7 Å². The molecule has 0 saturated carbocycles. The van der Waals surface area contributed by atoms with Crippen LogP contribution in [0.4, 0.5) is 0 Å². The third-order valence-electron chi connectivity index (χ3n) is 2.88. The van der Waals surface area contributed by atoms with Crippen molar-refractivity contribution >= 4 is 9.84 Å². The van der Waals surface area contributed by atoms with Crippen molar-refractivity contribution in [2.75, 3.05) is 37.7 Å². The third kappa shape index (κ3) is 4.95. The Morgan fingerprint density at radius 1 is 1.33 bits per heavy atom. The lowest BCUT2D eigenvalue weighted by Crippen LogP contribution is -2.32. The molecule has 4 nitrogen and oxygen atoms in total. The van der Waals surface area contributed by atoms with E-state index in [1.807, 2.05) is 0 Å². The summed E-state index contributed by atoms with van der Waals surface area (Å²) in [5.41, 5.74) is 5.49. The summed E-state index contributed by atoms with van der Waals surface area (Å²) in [6.45, 7) is 5.47. The smallest absolute Gasteiger partial charge is 0.151 e. The normalized spacial score (nSPS) is 24.7. The van der Waals surface area contributed by atoms with Crippen molar-refractivity contribution in [3.05, 3.63) is 0 Å². The number of nitrogens with two attached hydrogens (primary N) is 1. The van der Waals surface area contributed by atoms with E-state index in [0.717, 1.165) is 25.9 Å². The molecule has 90 valence electrons. The molecule has 0 aromatic carbocycles. The number of rotatable bonds is 4. The zero-order valence-electron chi connectivity index (χ0n) is 9.48. The summed E-state index contributed by atoms with van der Waals surface area (Å²) < 4.78 is 22.8. The van der Waals surface area contributed by atoms with E-state index in [-0.39, 0.29) is 0 Å². The highest BCUT2D eigenvalue weighted by molar-refractivity contribution is 7.91. The fourth-order valence-corrected chi connectivity index (χ4v) is 3.30. The first-order valence-electron chi connectivity index (χ1n) is 5.66. The van der Waals surface area contributed by atoms with Gasteiger partial charge in [0.15, 0.2) is 9.84 Å². The minimum absolute atomic E-state index is 0.322. The van der Waals surface area contributed by atoms with Crippen LogP contribution in [0.3, 0.4) is 0 Å². The first kappa shape index (κ1) is 12.9. The van der Waals surface area contributed by atoms with Crippen LogP contribution in [-0.4, -0.2) is 51.0 Å². The van der Waals surface area contributed by atoms with Crippen LogP contribution in [0, 0.1) is 5.92 Å². The average molecular weight is 234 g/mol. The second-order valence-corrected chi connectivity index (χ2v) is 6.79. The first-order chi connectivity index (χ1) is 7.03. The van der Waals surface area contributed by atoms with Crippen molar-refractivity contribution < 1.29 is 8.42 Å². The SMILES string of the molecule is CC(CCN)CN1CCCS(=O)(=O)CC1. The van der Waals surface area contributed by atoms with Gasteiger partial charge in [0.2, 0.25) is 0 Å². The standard InChI is InChI=1S/C10H22N2O2S/c1-10(3-4-11)9-12-5-2-7-15(13,14)8-6-12/h10H,2-9,11H2,1H3. The Morgan fingerprint density at radius 3 is 2.73 bits per heavy atom. The van der Waals surface area contributed by atoms with Crippen molar-refractivity contribution in [1.29, 1.82) is 0 Å². The molecule has 0 radical (unpaired) electrons. The molecule has 15 heavy (non-hydrogen) atoms. The molecule has 1 fully saturated rings. The van der Waals surface area contributed by atoms with Crippen molar-refractivity contribution in [2.24, 2.45) is 11.7 Å². The monoisotopic (exact) mass is 234 g/mol. The molecule has 1 heterocycles. The molecular formula is C10H22N2O2S. The molecular weight excluding hydrogens is 212 g/mol. The van der Waals surface area contributed by atoms with Crippen LogP contribution in [0.25, 0.3) is 0 Å². The van der Waals surface area contributed by atoms with Gasteiger partial charge in [-0.3, -0.25) is 0 Å². The Bertz CT molecular complexity index is 277. The Kier molecular flexibility index (Phi) is 5.02. The fraction of sp³-hybridized carbons (Fsp3) is 1.00. The molecule has 1 aliphatic rings. The summed E-state index contributed by atoms with van der Waals surface area (Å²) in [5.74, 6) is 1.24. The summed E-state index contributed by atoms with van der Waals surface area (Å²) in [7, 11) is -2.77. The van der Waals surface area contributed by atoms with Gasteiger partial charge in [-0.1, -0.05) is 6.92 Å². The molecule has 0 aromatic heterocycles. The molecule has 0 aliphatic carbocycles. The van der Waals surface area contributed by atoms with E-state index >= 15 is 0 Å². The summed E-state index contributed by atoms with van der Waals surface area (Å²) in [6, 6.07) is 0. The number of hydrogen-bond donors (Lipinski definition) is 1. The quantitative estimate of drug-likeness (QED) is 0.749. The maximum absolute atomic E-state index is 11.4. The minimum atomic E-state index is -2.77. The van der Waals surface area contributed by atoms with Crippen LogP contribution in [-0.2, 0) is 9.84 Å². The maximum atomic E-state index is 11.4. The number of sulfone groups is 1. The fourth-order valence-electron chi connectivity index (χ4n) is 1.99. The summed E-state index contributed by atoms with van der Waals surface area (Å²) in [6.07, 6.45) is 1.79. The predicted molar refractivity (Wildman–Crippen MR) is 62.5 cm³/mol. The van der Waals surface area contributed by atoms with E-state index in [4.69, 9.17) is 5.73 Å². The maximum Gasteiger partial charge on any atom is 0.151 e. The molecule has 1 saturated heterocycles. The van der Waals surface area contributed by atoms with Gasteiger partial charge in [-0.05, 0) is 31.8 Å². The third-order valence-corrected chi connectivity index (χ3v) is 4.59. The molecule has 1 atom stereocenters. The van der Waals surface area contributed by atoms with Gasteiger partial charge in [0.1, 0.15) is 0 Å². The highest BCUT2D eigenvalue weighted by atomic mass is 32.2. The Morgan fingerprint density at radius 2 is 2.07 bits per heavy atom. The van der Waals surface area contributed by atoms with Crippen molar-refractivity contribution in [1.82, 2.24) is 4.90 Å². The number of nitrogens with zero attached hydrogens (tertiary/aromatic N) is 1. The topological polar surface area (TPSA) is 63.4 Å². The molecule has 2 N–H and O–H groups in total. The minimum Gasteiger partial charge on any atom is -0.330 e. The van der Waals surface area contributed by atoms with Crippen LogP contribution in [0.5, 0.6) is 0 Å². The Hall–Kier alpha value is -0.130.